The Morgan fingerprint density at radius 1 is 0.800 bits per heavy atom. The predicted octanol–water partition coefficient (Wildman–Crippen LogP) is -0.127. The van der Waals surface area contributed by atoms with Gasteiger partial charge in [-0.25, -0.2) is 0 Å². The lowest BCUT2D eigenvalue weighted by Crippen LogP contribution is -2.25. The molecule has 0 atom stereocenters. The maximum Gasteiger partial charge on any atom is 0.0106 e. The van der Waals surface area contributed by atoms with Gasteiger partial charge in [0.2, 0.25) is 0 Å². The summed E-state index contributed by atoms with van der Waals surface area (Å²) in [5.74, 6) is 0. The Balaban J connectivity index is 0.000000810. The molecular formula is C7H16BN2. The van der Waals surface area contributed by atoms with E-state index in [0.29, 0.717) is 0 Å². The average Bonchev–Trinajstić information content (AvgIpc) is 1.97. The van der Waals surface area contributed by atoms with E-state index in [1.807, 2.05) is 0 Å². The summed E-state index contributed by atoms with van der Waals surface area (Å²) in [5.41, 5.74) is 0. The Morgan fingerprint density at radius 3 is 1.60 bits per heavy atom. The van der Waals surface area contributed by atoms with Gasteiger partial charge >= 0.3 is 0 Å². The lowest BCUT2D eigenvalue weighted by atomic mass is 10.4. The first-order chi connectivity index (χ1) is 4.29. The number of nitrogens with zero attached hydrogens (tertiary/aromatic N) is 2. The largest absolute Gasteiger partial charge is 0.305 e. The third-order valence-corrected chi connectivity index (χ3v) is 1.94. The Hall–Kier alpha value is -0.0151. The Morgan fingerprint density at radius 2 is 1.20 bits per heavy atom. The molecule has 1 heterocycles. The molecule has 1 rings (SSSR count). The van der Waals surface area contributed by atoms with Gasteiger partial charge in [0.15, 0.2) is 0 Å². The summed E-state index contributed by atoms with van der Waals surface area (Å²) in [6.07, 6.45) is 1.33. The highest BCUT2D eigenvalue weighted by Crippen LogP contribution is 1.96. The molecule has 2 nitrogen and oxygen atoms in total. The predicted molar refractivity (Wildman–Crippen MR) is 45.4 cm³/mol. The van der Waals surface area contributed by atoms with Crippen molar-refractivity contribution in [3.8, 4) is 0 Å². The molecule has 3 radical (unpaired) electrons. The van der Waals surface area contributed by atoms with E-state index in [-0.39, 0.29) is 8.41 Å². The van der Waals surface area contributed by atoms with Crippen molar-refractivity contribution in [2.45, 2.75) is 6.42 Å². The molecule has 10 heavy (non-hydrogen) atoms. The molecule has 1 aliphatic rings. The molecular weight excluding hydrogens is 123 g/mol. The third-order valence-electron chi connectivity index (χ3n) is 1.94. The van der Waals surface area contributed by atoms with Crippen molar-refractivity contribution >= 4 is 8.41 Å². The van der Waals surface area contributed by atoms with Gasteiger partial charge in [0, 0.05) is 21.5 Å². The highest BCUT2D eigenvalue weighted by molar-refractivity contribution is 5.75. The van der Waals surface area contributed by atoms with Crippen LogP contribution in [0.25, 0.3) is 0 Å². The standard InChI is InChI=1S/C7H16N2.B/c1-8-4-3-5-9(2)7-6-8;/h3-7H2,1-2H3;. The van der Waals surface area contributed by atoms with Crippen LogP contribution in [0.5, 0.6) is 0 Å². The summed E-state index contributed by atoms with van der Waals surface area (Å²) in [4.78, 5) is 4.78. The van der Waals surface area contributed by atoms with Gasteiger partial charge < -0.3 is 9.80 Å². The minimum Gasteiger partial charge on any atom is -0.305 e. The Bertz CT molecular complexity index is 77.7. The van der Waals surface area contributed by atoms with Crippen LogP contribution in [0.4, 0.5) is 0 Å². The molecule has 0 N–H and O–H groups in total. The molecule has 0 aromatic heterocycles. The van der Waals surface area contributed by atoms with Gasteiger partial charge in [0.25, 0.3) is 0 Å². The quantitative estimate of drug-likeness (QED) is 0.431. The van der Waals surface area contributed by atoms with E-state index < -0.39 is 0 Å². The maximum absolute atomic E-state index is 2.39. The van der Waals surface area contributed by atoms with Crippen molar-refractivity contribution in [1.29, 1.82) is 0 Å². The molecule has 0 amide bonds. The van der Waals surface area contributed by atoms with E-state index in [4.69, 9.17) is 0 Å². The van der Waals surface area contributed by atoms with E-state index in [1.54, 1.807) is 0 Å². The second-order valence-electron chi connectivity index (χ2n) is 2.96. The molecule has 1 aliphatic heterocycles. The Kier molecular flexibility index (Phi) is 4.74. The molecule has 0 unspecified atom stereocenters. The molecule has 1 fully saturated rings. The highest BCUT2D eigenvalue weighted by Gasteiger charge is 2.06. The summed E-state index contributed by atoms with van der Waals surface area (Å²) < 4.78 is 0. The van der Waals surface area contributed by atoms with Gasteiger partial charge in [-0.2, -0.15) is 0 Å². The zero-order chi connectivity index (χ0) is 6.69. The lowest BCUT2D eigenvalue weighted by Gasteiger charge is -2.13. The van der Waals surface area contributed by atoms with E-state index >= 15 is 0 Å². The zero-order valence-electron chi connectivity index (χ0n) is 7.01. The molecule has 0 saturated carbocycles. The number of hydrogen-bond acceptors (Lipinski definition) is 2. The van der Waals surface area contributed by atoms with Gasteiger partial charge in [0.1, 0.15) is 0 Å². The summed E-state index contributed by atoms with van der Waals surface area (Å²) in [6, 6.07) is 0. The van der Waals surface area contributed by atoms with Crippen molar-refractivity contribution in [3.63, 3.8) is 0 Å². The van der Waals surface area contributed by atoms with Gasteiger partial charge in [-0.05, 0) is 33.6 Å². The first kappa shape index (κ1) is 9.98. The van der Waals surface area contributed by atoms with Crippen molar-refractivity contribution in [2.75, 3.05) is 40.3 Å². The molecule has 57 valence electrons. The van der Waals surface area contributed by atoms with Crippen LogP contribution in [-0.2, 0) is 0 Å². The van der Waals surface area contributed by atoms with Crippen molar-refractivity contribution in [2.24, 2.45) is 0 Å². The molecule has 0 aromatic carbocycles. The van der Waals surface area contributed by atoms with Gasteiger partial charge in [-0.15, -0.1) is 0 Å². The van der Waals surface area contributed by atoms with Crippen LogP contribution in [-0.4, -0.2) is 58.5 Å². The second kappa shape index (κ2) is 4.75. The van der Waals surface area contributed by atoms with Crippen LogP contribution >= 0.6 is 0 Å². The zero-order valence-corrected chi connectivity index (χ0v) is 7.01. The van der Waals surface area contributed by atoms with Gasteiger partial charge in [-0.1, -0.05) is 0 Å². The molecule has 0 aromatic rings. The lowest BCUT2D eigenvalue weighted by molar-refractivity contribution is 0.320. The fourth-order valence-corrected chi connectivity index (χ4v) is 1.18. The minimum absolute atomic E-state index is 0. The second-order valence-corrected chi connectivity index (χ2v) is 2.96. The van der Waals surface area contributed by atoms with E-state index in [0.717, 1.165) is 0 Å². The number of likely N-dealkylation sites (N-methyl/N-ethyl adjacent to an activating group) is 2. The van der Waals surface area contributed by atoms with Crippen LogP contribution in [0, 0.1) is 0 Å². The molecule has 0 bridgehead atoms. The highest BCUT2D eigenvalue weighted by atomic mass is 15.2. The maximum atomic E-state index is 2.39. The van der Waals surface area contributed by atoms with E-state index in [9.17, 15) is 0 Å². The molecule has 1 saturated heterocycles. The Labute approximate surface area is 65.8 Å². The number of hydrogen-bond donors (Lipinski definition) is 0. The summed E-state index contributed by atoms with van der Waals surface area (Å²) >= 11 is 0. The summed E-state index contributed by atoms with van der Waals surface area (Å²) in [5, 5.41) is 0. The van der Waals surface area contributed by atoms with Crippen LogP contribution in [0.3, 0.4) is 0 Å². The minimum atomic E-state index is 0. The van der Waals surface area contributed by atoms with Crippen molar-refractivity contribution in [3.05, 3.63) is 0 Å². The fraction of sp³-hybridized carbons (Fsp3) is 1.00. The van der Waals surface area contributed by atoms with Gasteiger partial charge in [0.05, 0.1) is 0 Å². The first-order valence-corrected chi connectivity index (χ1v) is 3.66. The summed E-state index contributed by atoms with van der Waals surface area (Å²) in [7, 11) is 4.39. The van der Waals surface area contributed by atoms with E-state index in [1.165, 1.54) is 32.6 Å². The smallest absolute Gasteiger partial charge is 0.0106 e. The first-order valence-electron chi connectivity index (χ1n) is 3.66. The van der Waals surface area contributed by atoms with Crippen LogP contribution in [0.2, 0.25) is 0 Å². The summed E-state index contributed by atoms with van der Waals surface area (Å²) in [6.45, 7) is 5.00. The average molecular weight is 139 g/mol. The topological polar surface area (TPSA) is 6.48 Å². The molecule has 0 aliphatic carbocycles. The van der Waals surface area contributed by atoms with Crippen LogP contribution in [0.15, 0.2) is 0 Å². The third kappa shape index (κ3) is 3.23. The normalized spacial score (nSPS) is 23.4. The van der Waals surface area contributed by atoms with Crippen molar-refractivity contribution in [1.82, 2.24) is 9.80 Å². The van der Waals surface area contributed by atoms with Crippen LogP contribution < -0.4 is 0 Å². The number of rotatable bonds is 0. The van der Waals surface area contributed by atoms with E-state index in [2.05, 4.69) is 23.9 Å². The fourth-order valence-electron chi connectivity index (χ4n) is 1.18. The monoisotopic (exact) mass is 139 g/mol. The van der Waals surface area contributed by atoms with Crippen LogP contribution in [0.1, 0.15) is 6.42 Å². The molecule has 0 spiro atoms. The van der Waals surface area contributed by atoms with Crippen molar-refractivity contribution < 1.29 is 0 Å². The molecule has 3 heteroatoms. The SMILES string of the molecule is CN1CCCN(C)CC1.[B]. The van der Waals surface area contributed by atoms with Gasteiger partial charge in [-0.3, -0.25) is 0 Å².